The van der Waals surface area contributed by atoms with Crippen LogP contribution in [-0.2, 0) is 0 Å². The van der Waals surface area contributed by atoms with Gasteiger partial charge in [0.1, 0.15) is 5.82 Å². The third-order valence-electron chi connectivity index (χ3n) is 3.59. The Labute approximate surface area is 155 Å². The summed E-state index contributed by atoms with van der Waals surface area (Å²) in [5.41, 5.74) is 1.49. The maximum Gasteiger partial charge on any atom is 0.319 e. The van der Waals surface area contributed by atoms with Crippen LogP contribution in [0.2, 0.25) is 0 Å². The molecule has 3 aromatic rings. The summed E-state index contributed by atoms with van der Waals surface area (Å²) in [4.78, 5) is 13.1. The number of thioether (sulfide) groups is 1. The van der Waals surface area contributed by atoms with Gasteiger partial charge in [-0.15, -0.1) is 11.8 Å². The lowest BCUT2D eigenvalue weighted by molar-refractivity contribution is 0.252. The predicted octanol–water partition coefficient (Wildman–Crippen LogP) is 4.32. The van der Waals surface area contributed by atoms with E-state index in [0.29, 0.717) is 12.2 Å². The number of nitrogens with zero attached hydrogens (tertiary/aromatic N) is 2. The molecule has 2 N–H and O–H groups in total. The number of benzene rings is 2. The van der Waals surface area contributed by atoms with Gasteiger partial charge in [0.15, 0.2) is 0 Å². The molecular formula is C19H19FN4OS. The lowest BCUT2D eigenvalue weighted by Crippen LogP contribution is -2.30. The summed E-state index contributed by atoms with van der Waals surface area (Å²) in [5.74, 6) is 0.610. The minimum absolute atomic E-state index is 0.233. The highest BCUT2D eigenvalue weighted by atomic mass is 32.2. The zero-order valence-electron chi connectivity index (χ0n) is 14.1. The summed E-state index contributed by atoms with van der Waals surface area (Å²) in [6.45, 7) is 0.559. The number of hydrogen-bond acceptors (Lipinski definition) is 3. The first-order valence-corrected chi connectivity index (χ1v) is 9.23. The van der Waals surface area contributed by atoms with Gasteiger partial charge in [0, 0.05) is 23.8 Å². The van der Waals surface area contributed by atoms with Gasteiger partial charge in [-0.05, 0) is 54.6 Å². The van der Waals surface area contributed by atoms with E-state index in [-0.39, 0.29) is 11.8 Å². The molecular weight excluding hydrogens is 351 g/mol. The molecule has 2 aromatic carbocycles. The van der Waals surface area contributed by atoms with E-state index < -0.39 is 0 Å². The molecule has 7 heteroatoms. The van der Waals surface area contributed by atoms with Crippen molar-refractivity contribution < 1.29 is 9.18 Å². The van der Waals surface area contributed by atoms with Crippen molar-refractivity contribution in [3.8, 4) is 5.69 Å². The second-order valence-electron chi connectivity index (χ2n) is 5.50. The topological polar surface area (TPSA) is 59.0 Å². The number of carbonyl (C=O) groups is 1. The first kappa shape index (κ1) is 18.0. The van der Waals surface area contributed by atoms with Gasteiger partial charge in [-0.2, -0.15) is 5.10 Å². The molecule has 0 unspecified atom stereocenters. The Morgan fingerprint density at radius 3 is 2.69 bits per heavy atom. The van der Waals surface area contributed by atoms with E-state index in [1.165, 1.54) is 12.1 Å². The molecule has 0 spiro atoms. The van der Waals surface area contributed by atoms with Crippen molar-refractivity contribution in [1.82, 2.24) is 15.1 Å². The molecule has 2 amide bonds. The molecule has 0 saturated heterocycles. The maximum absolute atomic E-state index is 12.8. The van der Waals surface area contributed by atoms with Crippen molar-refractivity contribution in [2.24, 2.45) is 0 Å². The largest absolute Gasteiger partial charge is 0.338 e. The Balaban J connectivity index is 1.43. The molecule has 134 valence electrons. The normalized spacial score (nSPS) is 10.5. The van der Waals surface area contributed by atoms with Crippen LogP contribution < -0.4 is 10.6 Å². The first-order chi connectivity index (χ1) is 12.7. The van der Waals surface area contributed by atoms with Gasteiger partial charge in [0.05, 0.1) is 11.4 Å². The van der Waals surface area contributed by atoms with E-state index in [1.54, 1.807) is 34.8 Å². The summed E-state index contributed by atoms with van der Waals surface area (Å²) in [7, 11) is 0. The predicted molar refractivity (Wildman–Crippen MR) is 102 cm³/mol. The minimum atomic E-state index is -0.253. The second kappa shape index (κ2) is 9.05. The average Bonchev–Trinajstić information content (AvgIpc) is 3.18. The summed E-state index contributed by atoms with van der Waals surface area (Å²) in [5, 5.41) is 9.89. The second-order valence-corrected chi connectivity index (χ2v) is 6.67. The van der Waals surface area contributed by atoms with Gasteiger partial charge in [-0.3, -0.25) is 0 Å². The molecule has 0 atom stereocenters. The molecule has 26 heavy (non-hydrogen) atoms. The van der Waals surface area contributed by atoms with Gasteiger partial charge in [0.25, 0.3) is 0 Å². The van der Waals surface area contributed by atoms with E-state index in [9.17, 15) is 9.18 Å². The Kier molecular flexibility index (Phi) is 6.27. The molecule has 1 heterocycles. The number of halogens is 1. The average molecular weight is 370 g/mol. The Bertz CT molecular complexity index is 837. The van der Waals surface area contributed by atoms with Crippen LogP contribution in [0.25, 0.3) is 5.69 Å². The Morgan fingerprint density at radius 1 is 1.12 bits per heavy atom. The molecule has 1 aromatic heterocycles. The number of carbonyl (C=O) groups excluding carboxylic acids is 1. The highest BCUT2D eigenvalue weighted by Crippen LogP contribution is 2.19. The van der Waals surface area contributed by atoms with Crippen LogP contribution >= 0.6 is 11.8 Å². The smallest absolute Gasteiger partial charge is 0.319 e. The number of aromatic nitrogens is 2. The number of urea groups is 1. The van der Waals surface area contributed by atoms with Crippen LogP contribution in [0.3, 0.4) is 0 Å². The van der Waals surface area contributed by atoms with Gasteiger partial charge in [-0.25, -0.2) is 13.9 Å². The summed E-state index contributed by atoms with van der Waals surface area (Å²) >= 11 is 1.64. The van der Waals surface area contributed by atoms with E-state index in [2.05, 4.69) is 15.7 Å². The molecule has 5 nitrogen and oxygen atoms in total. The molecule has 0 radical (unpaired) electrons. The first-order valence-electron chi connectivity index (χ1n) is 8.24. The van der Waals surface area contributed by atoms with Gasteiger partial charge in [0.2, 0.25) is 0 Å². The number of anilines is 1. The van der Waals surface area contributed by atoms with Crippen molar-refractivity contribution in [2.75, 3.05) is 17.6 Å². The summed E-state index contributed by atoms with van der Waals surface area (Å²) < 4.78 is 14.5. The number of rotatable bonds is 7. The zero-order chi connectivity index (χ0) is 18.2. The van der Waals surface area contributed by atoms with Gasteiger partial charge in [-0.1, -0.05) is 12.1 Å². The molecule has 0 bridgehead atoms. The zero-order valence-corrected chi connectivity index (χ0v) is 14.9. The van der Waals surface area contributed by atoms with Crippen LogP contribution in [-0.4, -0.2) is 28.1 Å². The van der Waals surface area contributed by atoms with E-state index in [4.69, 9.17) is 0 Å². The number of nitrogens with one attached hydrogen (secondary N) is 2. The fourth-order valence-electron chi connectivity index (χ4n) is 2.35. The van der Waals surface area contributed by atoms with Crippen molar-refractivity contribution >= 4 is 23.5 Å². The monoisotopic (exact) mass is 370 g/mol. The number of amides is 2. The molecule has 0 aliphatic heterocycles. The number of para-hydroxylation sites is 2. The molecule has 0 saturated carbocycles. The lowest BCUT2D eigenvalue weighted by atomic mass is 10.2. The number of hydrogen-bond donors (Lipinski definition) is 2. The Hall–Kier alpha value is -2.80. The van der Waals surface area contributed by atoms with Crippen LogP contribution in [0, 0.1) is 5.82 Å². The molecule has 0 fully saturated rings. The molecule has 0 aliphatic carbocycles. The summed E-state index contributed by atoms with van der Waals surface area (Å²) in [6.07, 6.45) is 4.33. The van der Waals surface area contributed by atoms with Gasteiger partial charge >= 0.3 is 6.03 Å². The van der Waals surface area contributed by atoms with Crippen LogP contribution in [0.15, 0.2) is 71.9 Å². The Morgan fingerprint density at radius 2 is 1.92 bits per heavy atom. The van der Waals surface area contributed by atoms with Crippen LogP contribution in [0.1, 0.15) is 6.42 Å². The van der Waals surface area contributed by atoms with Crippen molar-refractivity contribution in [3.05, 3.63) is 72.8 Å². The third-order valence-corrected chi connectivity index (χ3v) is 4.69. The van der Waals surface area contributed by atoms with Gasteiger partial charge < -0.3 is 10.6 Å². The van der Waals surface area contributed by atoms with Crippen molar-refractivity contribution in [2.45, 2.75) is 11.3 Å². The van der Waals surface area contributed by atoms with Crippen molar-refractivity contribution in [1.29, 1.82) is 0 Å². The quantitative estimate of drug-likeness (QED) is 0.481. The minimum Gasteiger partial charge on any atom is -0.338 e. The molecule has 0 aliphatic rings. The van der Waals surface area contributed by atoms with Crippen LogP contribution in [0.4, 0.5) is 14.9 Å². The highest BCUT2D eigenvalue weighted by Gasteiger charge is 2.07. The third kappa shape index (κ3) is 5.10. The fourth-order valence-corrected chi connectivity index (χ4v) is 3.20. The fraction of sp³-hybridized carbons (Fsp3) is 0.158. The van der Waals surface area contributed by atoms with E-state index in [0.717, 1.165) is 22.8 Å². The lowest BCUT2D eigenvalue weighted by Gasteiger charge is -2.12. The maximum atomic E-state index is 12.8. The standard InChI is InChI=1S/C19H19FN4OS/c20-15-7-9-16(10-8-15)26-14-4-11-21-19(25)23-17-5-1-2-6-18(17)24-13-3-12-22-24/h1-3,5-10,12-13H,4,11,14H2,(H2,21,23,25). The molecule has 3 rings (SSSR count). The summed E-state index contributed by atoms with van der Waals surface area (Å²) in [6, 6.07) is 15.5. The SMILES string of the molecule is O=C(NCCCSc1ccc(F)cc1)Nc1ccccc1-n1cccn1. The van der Waals surface area contributed by atoms with Crippen LogP contribution in [0.5, 0.6) is 0 Å². The van der Waals surface area contributed by atoms with E-state index >= 15 is 0 Å². The van der Waals surface area contributed by atoms with Crippen molar-refractivity contribution in [3.63, 3.8) is 0 Å². The van der Waals surface area contributed by atoms with E-state index in [1.807, 2.05) is 36.5 Å². The highest BCUT2D eigenvalue weighted by molar-refractivity contribution is 7.99.